The van der Waals surface area contributed by atoms with E-state index in [-0.39, 0.29) is 5.91 Å². The van der Waals surface area contributed by atoms with Gasteiger partial charge in [0.25, 0.3) is 0 Å². The molecule has 166 valence electrons. The van der Waals surface area contributed by atoms with Crippen molar-refractivity contribution < 1.29 is 9.53 Å². The number of likely N-dealkylation sites (tertiary alicyclic amines) is 1. The maximum atomic E-state index is 11.5. The van der Waals surface area contributed by atoms with Crippen LogP contribution in [0.5, 0.6) is 5.75 Å². The second kappa shape index (κ2) is 10.8. The predicted octanol–water partition coefficient (Wildman–Crippen LogP) is 4.24. The van der Waals surface area contributed by atoms with Crippen LogP contribution in [0.15, 0.2) is 53.5 Å². The summed E-state index contributed by atoms with van der Waals surface area (Å²) in [5.41, 5.74) is 3.18. The molecule has 1 heterocycles. The fourth-order valence-electron chi connectivity index (χ4n) is 4.44. The summed E-state index contributed by atoms with van der Waals surface area (Å²) in [6.45, 7) is 6.38. The lowest BCUT2D eigenvalue weighted by molar-refractivity contribution is -0.114. The Morgan fingerprint density at radius 2 is 2.00 bits per heavy atom. The molecule has 1 amide bonds. The predicted molar refractivity (Wildman–Crippen MR) is 127 cm³/mol. The third-order valence-electron chi connectivity index (χ3n) is 6.02. The van der Waals surface area contributed by atoms with E-state index >= 15 is 0 Å². The van der Waals surface area contributed by atoms with Gasteiger partial charge in [-0.3, -0.25) is 9.79 Å². The average Bonchev–Trinajstić information content (AvgIpc) is 2.79. The standard InChI is InChI=1S/C25H34N4O2/c1-5-20-17-29(14-13-22(20)21-9-7-6-8-10-21)25(26-3)27-16-19-11-12-24(31-4)23(15-19)28-18(2)30/h6-12,15,20,22H,5,13-14,16-17H2,1-4H3,(H,26,27)(H,28,30). The Labute approximate surface area is 185 Å². The van der Waals surface area contributed by atoms with Crippen LogP contribution in [0.2, 0.25) is 0 Å². The van der Waals surface area contributed by atoms with E-state index < -0.39 is 0 Å². The van der Waals surface area contributed by atoms with Crippen molar-refractivity contribution in [2.45, 2.75) is 39.2 Å². The number of benzene rings is 2. The summed E-state index contributed by atoms with van der Waals surface area (Å²) < 4.78 is 5.35. The summed E-state index contributed by atoms with van der Waals surface area (Å²) in [4.78, 5) is 18.4. The van der Waals surface area contributed by atoms with E-state index in [9.17, 15) is 4.79 Å². The smallest absolute Gasteiger partial charge is 0.221 e. The molecule has 3 rings (SSSR count). The number of piperidine rings is 1. The molecule has 2 aromatic carbocycles. The molecule has 2 atom stereocenters. The van der Waals surface area contributed by atoms with Gasteiger partial charge < -0.3 is 20.3 Å². The number of carbonyl (C=O) groups is 1. The summed E-state index contributed by atoms with van der Waals surface area (Å²) in [7, 11) is 3.44. The van der Waals surface area contributed by atoms with Gasteiger partial charge in [-0.1, -0.05) is 49.7 Å². The van der Waals surface area contributed by atoms with Gasteiger partial charge in [0, 0.05) is 33.6 Å². The number of anilines is 1. The van der Waals surface area contributed by atoms with Crippen molar-refractivity contribution in [1.29, 1.82) is 0 Å². The minimum atomic E-state index is -0.119. The second-order valence-electron chi connectivity index (χ2n) is 8.04. The molecule has 0 bridgehead atoms. The molecule has 31 heavy (non-hydrogen) atoms. The highest BCUT2D eigenvalue weighted by molar-refractivity contribution is 5.90. The SMILES string of the molecule is CCC1CN(C(=NC)NCc2ccc(OC)c(NC(C)=O)c2)CCC1c1ccccc1. The number of aliphatic imine (C=N–C) groups is 1. The van der Waals surface area contributed by atoms with Crippen molar-refractivity contribution in [1.82, 2.24) is 10.2 Å². The van der Waals surface area contributed by atoms with Crippen LogP contribution in [0.3, 0.4) is 0 Å². The highest BCUT2D eigenvalue weighted by atomic mass is 16.5. The van der Waals surface area contributed by atoms with Crippen LogP contribution in [-0.2, 0) is 11.3 Å². The molecule has 0 radical (unpaired) electrons. The van der Waals surface area contributed by atoms with Crippen molar-refractivity contribution in [3.05, 3.63) is 59.7 Å². The first kappa shape index (κ1) is 22.7. The topological polar surface area (TPSA) is 66.0 Å². The van der Waals surface area contributed by atoms with E-state index in [4.69, 9.17) is 4.74 Å². The summed E-state index contributed by atoms with van der Waals surface area (Å²) in [5.74, 6) is 2.65. The maximum absolute atomic E-state index is 11.5. The van der Waals surface area contributed by atoms with Crippen molar-refractivity contribution in [2.24, 2.45) is 10.9 Å². The first-order chi connectivity index (χ1) is 15.0. The highest BCUT2D eigenvalue weighted by Crippen LogP contribution is 2.35. The molecular weight excluding hydrogens is 388 g/mol. The first-order valence-corrected chi connectivity index (χ1v) is 11.0. The van der Waals surface area contributed by atoms with Crippen LogP contribution >= 0.6 is 0 Å². The average molecular weight is 423 g/mol. The van der Waals surface area contributed by atoms with Crippen molar-refractivity contribution in [2.75, 3.05) is 32.6 Å². The molecule has 1 aliphatic heterocycles. The minimum Gasteiger partial charge on any atom is -0.495 e. The van der Waals surface area contributed by atoms with Crippen molar-refractivity contribution >= 4 is 17.6 Å². The van der Waals surface area contributed by atoms with Gasteiger partial charge in [-0.15, -0.1) is 0 Å². The van der Waals surface area contributed by atoms with Crippen LogP contribution in [0.1, 0.15) is 43.7 Å². The number of nitrogens with one attached hydrogen (secondary N) is 2. The van der Waals surface area contributed by atoms with Crippen LogP contribution in [0.25, 0.3) is 0 Å². The van der Waals surface area contributed by atoms with Gasteiger partial charge in [0.15, 0.2) is 5.96 Å². The molecule has 1 saturated heterocycles. The first-order valence-electron chi connectivity index (χ1n) is 11.0. The van der Waals surface area contributed by atoms with E-state index in [0.717, 1.165) is 37.5 Å². The van der Waals surface area contributed by atoms with Crippen molar-refractivity contribution in [3.63, 3.8) is 0 Å². The zero-order chi connectivity index (χ0) is 22.2. The van der Waals surface area contributed by atoms with Crippen LogP contribution < -0.4 is 15.4 Å². The second-order valence-corrected chi connectivity index (χ2v) is 8.04. The Kier molecular flexibility index (Phi) is 7.93. The highest BCUT2D eigenvalue weighted by Gasteiger charge is 2.30. The zero-order valence-electron chi connectivity index (χ0n) is 19.0. The summed E-state index contributed by atoms with van der Waals surface area (Å²) in [6, 6.07) is 16.7. The molecule has 6 heteroatoms. The van der Waals surface area contributed by atoms with E-state index in [0.29, 0.717) is 29.8 Å². The molecule has 0 aliphatic carbocycles. The lowest BCUT2D eigenvalue weighted by atomic mass is 9.79. The fourth-order valence-corrected chi connectivity index (χ4v) is 4.44. The summed E-state index contributed by atoms with van der Waals surface area (Å²) in [5, 5.41) is 6.33. The number of amides is 1. The van der Waals surface area contributed by atoms with E-state index in [1.807, 2.05) is 25.2 Å². The van der Waals surface area contributed by atoms with Crippen LogP contribution in [0, 0.1) is 5.92 Å². The molecule has 1 fully saturated rings. The third kappa shape index (κ3) is 5.78. The number of carbonyl (C=O) groups excluding carboxylic acids is 1. The van der Waals surface area contributed by atoms with E-state index in [2.05, 4.69) is 57.8 Å². The zero-order valence-corrected chi connectivity index (χ0v) is 19.0. The number of nitrogens with zero attached hydrogens (tertiary/aromatic N) is 2. The van der Waals surface area contributed by atoms with Gasteiger partial charge in [0.2, 0.25) is 5.91 Å². The Hall–Kier alpha value is -3.02. The van der Waals surface area contributed by atoms with Crippen LogP contribution in [-0.4, -0.2) is 44.0 Å². The molecule has 6 nitrogen and oxygen atoms in total. The van der Waals surface area contributed by atoms with E-state index in [1.54, 1.807) is 7.11 Å². The number of hydrogen-bond acceptors (Lipinski definition) is 3. The monoisotopic (exact) mass is 422 g/mol. The maximum Gasteiger partial charge on any atom is 0.221 e. The minimum absolute atomic E-state index is 0.119. The number of hydrogen-bond donors (Lipinski definition) is 2. The Morgan fingerprint density at radius 3 is 2.65 bits per heavy atom. The molecule has 2 aromatic rings. The van der Waals surface area contributed by atoms with Crippen LogP contribution in [0.4, 0.5) is 5.69 Å². The van der Waals surface area contributed by atoms with Gasteiger partial charge in [0.1, 0.15) is 5.75 Å². The molecular formula is C25H34N4O2. The Morgan fingerprint density at radius 1 is 1.23 bits per heavy atom. The third-order valence-corrected chi connectivity index (χ3v) is 6.02. The Balaban J connectivity index is 1.65. The molecule has 0 saturated carbocycles. The van der Waals surface area contributed by atoms with Crippen molar-refractivity contribution in [3.8, 4) is 5.75 Å². The number of guanidine groups is 1. The summed E-state index contributed by atoms with van der Waals surface area (Å²) >= 11 is 0. The number of rotatable bonds is 6. The van der Waals surface area contributed by atoms with Gasteiger partial charge in [-0.25, -0.2) is 0 Å². The number of ether oxygens (including phenoxy) is 1. The summed E-state index contributed by atoms with van der Waals surface area (Å²) in [6.07, 6.45) is 2.27. The molecule has 2 unspecified atom stereocenters. The molecule has 2 N–H and O–H groups in total. The Bertz CT molecular complexity index is 898. The largest absolute Gasteiger partial charge is 0.495 e. The lowest BCUT2D eigenvalue weighted by Crippen LogP contribution is -2.48. The fraction of sp³-hybridized carbons (Fsp3) is 0.440. The van der Waals surface area contributed by atoms with E-state index in [1.165, 1.54) is 12.5 Å². The van der Waals surface area contributed by atoms with Gasteiger partial charge >= 0.3 is 0 Å². The molecule has 0 spiro atoms. The lowest BCUT2D eigenvalue weighted by Gasteiger charge is -2.40. The van der Waals surface area contributed by atoms with Gasteiger partial charge in [0.05, 0.1) is 12.8 Å². The normalized spacial score (nSPS) is 19.1. The molecule has 0 aromatic heterocycles. The number of methoxy groups -OCH3 is 1. The molecule has 1 aliphatic rings. The van der Waals surface area contributed by atoms with Gasteiger partial charge in [-0.05, 0) is 41.5 Å². The van der Waals surface area contributed by atoms with Gasteiger partial charge in [-0.2, -0.15) is 0 Å². The quantitative estimate of drug-likeness (QED) is 0.540.